The number of ether oxygens (including phenoxy) is 2. The van der Waals surface area contributed by atoms with Gasteiger partial charge in [-0.25, -0.2) is 0 Å². The largest absolute Gasteiger partial charge is 0.457 e. The van der Waals surface area contributed by atoms with E-state index in [0.29, 0.717) is 40.8 Å². The maximum Gasteiger partial charge on any atom is 0.133 e. The molecule has 0 spiro atoms. The third-order valence-electron chi connectivity index (χ3n) is 3.52. The van der Waals surface area contributed by atoms with Crippen LogP contribution < -0.4 is 20.9 Å². The quantitative estimate of drug-likeness (QED) is 0.684. The van der Waals surface area contributed by atoms with E-state index in [2.05, 4.69) is 6.07 Å². The van der Waals surface area contributed by atoms with Crippen LogP contribution >= 0.6 is 0 Å². The topological polar surface area (TPSA) is 94.3 Å². The maximum absolute atomic E-state index is 8.83. The zero-order valence-corrected chi connectivity index (χ0v) is 13.5. The Morgan fingerprint density at radius 2 is 1.28 bits per heavy atom. The lowest BCUT2D eigenvalue weighted by Gasteiger charge is -2.11. The third-order valence-corrected chi connectivity index (χ3v) is 3.52. The molecule has 0 amide bonds. The Balaban J connectivity index is 1.78. The Bertz CT molecular complexity index is 898. The van der Waals surface area contributed by atoms with Gasteiger partial charge in [-0.1, -0.05) is 12.1 Å². The molecule has 0 fully saturated rings. The summed E-state index contributed by atoms with van der Waals surface area (Å²) in [5.74, 6) is 2.43. The fourth-order valence-electron chi connectivity index (χ4n) is 2.27. The van der Waals surface area contributed by atoms with Crippen molar-refractivity contribution in [2.24, 2.45) is 5.73 Å². The molecule has 0 atom stereocenters. The Labute approximate surface area is 146 Å². The summed E-state index contributed by atoms with van der Waals surface area (Å²) in [6.45, 7) is 0.487. The monoisotopic (exact) mass is 331 g/mol. The second-order valence-corrected chi connectivity index (χ2v) is 5.43. The molecule has 0 aliphatic heterocycles. The first-order valence-electron chi connectivity index (χ1n) is 7.72. The van der Waals surface area contributed by atoms with E-state index < -0.39 is 0 Å². The molecule has 0 aliphatic carbocycles. The number of nitrogens with two attached hydrogens (primary N) is 2. The van der Waals surface area contributed by atoms with Gasteiger partial charge in [0.2, 0.25) is 0 Å². The summed E-state index contributed by atoms with van der Waals surface area (Å²) in [6, 6.07) is 21.6. The number of hydrogen-bond donors (Lipinski definition) is 2. The molecule has 0 aromatic heterocycles. The van der Waals surface area contributed by atoms with Crippen molar-refractivity contribution in [1.82, 2.24) is 0 Å². The van der Waals surface area contributed by atoms with Gasteiger partial charge in [0.1, 0.15) is 23.0 Å². The lowest BCUT2D eigenvalue weighted by molar-refractivity contribution is 0.461. The summed E-state index contributed by atoms with van der Waals surface area (Å²) in [6.07, 6.45) is 0. The predicted molar refractivity (Wildman–Crippen MR) is 96.5 cm³/mol. The molecule has 3 rings (SSSR count). The molecule has 0 saturated carbocycles. The van der Waals surface area contributed by atoms with Crippen molar-refractivity contribution in [3.63, 3.8) is 0 Å². The highest BCUT2D eigenvalue weighted by Gasteiger charge is 2.05. The second kappa shape index (κ2) is 7.39. The summed E-state index contributed by atoms with van der Waals surface area (Å²) in [7, 11) is 0. The van der Waals surface area contributed by atoms with Gasteiger partial charge in [-0.2, -0.15) is 5.26 Å². The number of rotatable bonds is 5. The average molecular weight is 331 g/mol. The van der Waals surface area contributed by atoms with Crippen LogP contribution in [0, 0.1) is 11.3 Å². The van der Waals surface area contributed by atoms with Crippen LogP contribution in [0.2, 0.25) is 0 Å². The van der Waals surface area contributed by atoms with Crippen LogP contribution in [-0.2, 0) is 6.54 Å². The van der Waals surface area contributed by atoms with E-state index in [9.17, 15) is 0 Å². The zero-order valence-electron chi connectivity index (χ0n) is 13.5. The summed E-state index contributed by atoms with van der Waals surface area (Å²) in [5.41, 5.74) is 13.7. The van der Waals surface area contributed by atoms with Crippen molar-refractivity contribution in [2.75, 3.05) is 5.73 Å². The molecule has 124 valence electrons. The Morgan fingerprint density at radius 3 is 1.76 bits per heavy atom. The van der Waals surface area contributed by atoms with Gasteiger partial charge in [0.05, 0.1) is 11.6 Å². The maximum atomic E-state index is 8.83. The van der Waals surface area contributed by atoms with Gasteiger partial charge in [-0.05, 0) is 42.0 Å². The van der Waals surface area contributed by atoms with E-state index >= 15 is 0 Å². The van der Waals surface area contributed by atoms with Gasteiger partial charge in [-0.15, -0.1) is 0 Å². The number of nitriles is 1. The Hall–Kier alpha value is -3.49. The molecule has 0 bridgehead atoms. The molecule has 0 heterocycles. The van der Waals surface area contributed by atoms with Gasteiger partial charge >= 0.3 is 0 Å². The number of nitrogen functional groups attached to an aromatic ring is 1. The highest BCUT2D eigenvalue weighted by molar-refractivity contribution is 5.52. The van der Waals surface area contributed by atoms with Crippen LogP contribution in [0.1, 0.15) is 11.1 Å². The number of anilines is 1. The van der Waals surface area contributed by atoms with E-state index in [1.807, 2.05) is 24.3 Å². The molecular weight excluding hydrogens is 314 g/mol. The summed E-state index contributed by atoms with van der Waals surface area (Å²) >= 11 is 0. The van der Waals surface area contributed by atoms with E-state index in [1.165, 1.54) is 0 Å². The standard InChI is InChI=1S/C20H17N3O2/c21-12-14-1-5-17(6-2-14)24-19-9-16(23)10-20(11-19)25-18-7-3-15(13-22)4-8-18/h1-11H,12,21,23H2. The molecule has 3 aromatic carbocycles. The fourth-order valence-corrected chi connectivity index (χ4v) is 2.27. The Morgan fingerprint density at radius 1 is 0.760 bits per heavy atom. The minimum absolute atomic E-state index is 0.487. The van der Waals surface area contributed by atoms with Crippen LogP contribution in [-0.4, -0.2) is 0 Å². The van der Waals surface area contributed by atoms with E-state index in [1.54, 1.807) is 42.5 Å². The highest BCUT2D eigenvalue weighted by atomic mass is 16.5. The molecule has 4 N–H and O–H groups in total. The molecule has 3 aromatic rings. The lowest BCUT2D eigenvalue weighted by Crippen LogP contribution is -1.95. The first kappa shape index (κ1) is 16.4. The van der Waals surface area contributed by atoms with Crippen molar-refractivity contribution >= 4 is 5.69 Å². The Kier molecular flexibility index (Phi) is 4.84. The predicted octanol–water partition coefficient (Wildman–Crippen LogP) is 4.18. The average Bonchev–Trinajstić information content (AvgIpc) is 2.62. The van der Waals surface area contributed by atoms with Crippen LogP contribution in [0.3, 0.4) is 0 Å². The van der Waals surface area contributed by atoms with Gasteiger partial charge in [0.25, 0.3) is 0 Å². The van der Waals surface area contributed by atoms with Crippen molar-refractivity contribution in [3.8, 4) is 29.1 Å². The van der Waals surface area contributed by atoms with Crippen molar-refractivity contribution in [2.45, 2.75) is 6.54 Å². The van der Waals surface area contributed by atoms with E-state index in [4.69, 9.17) is 26.2 Å². The normalized spacial score (nSPS) is 10.1. The van der Waals surface area contributed by atoms with Crippen LogP contribution in [0.5, 0.6) is 23.0 Å². The minimum Gasteiger partial charge on any atom is -0.457 e. The summed E-state index contributed by atoms with van der Waals surface area (Å²) in [4.78, 5) is 0. The van der Waals surface area contributed by atoms with Gasteiger partial charge < -0.3 is 20.9 Å². The van der Waals surface area contributed by atoms with E-state index in [0.717, 1.165) is 5.56 Å². The molecular formula is C20H17N3O2. The first-order chi connectivity index (χ1) is 12.2. The molecule has 0 aliphatic rings. The SMILES string of the molecule is N#Cc1ccc(Oc2cc(N)cc(Oc3ccc(CN)cc3)c2)cc1. The molecule has 0 unspecified atom stereocenters. The fraction of sp³-hybridized carbons (Fsp3) is 0.0500. The second-order valence-electron chi connectivity index (χ2n) is 5.43. The van der Waals surface area contributed by atoms with Crippen molar-refractivity contribution in [1.29, 1.82) is 5.26 Å². The first-order valence-corrected chi connectivity index (χ1v) is 7.72. The molecule has 5 heteroatoms. The van der Waals surface area contributed by atoms with Crippen molar-refractivity contribution in [3.05, 3.63) is 77.9 Å². The van der Waals surface area contributed by atoms with Gasteiger partial charge in [0, 0.05) is 30.4 Å². The smallest absolute Gasteiger partial charge is 0.133 e. The lowest BCUT2D eigenvalue weighted by atomic mass is 10.2. The molecule has 5 nitrogen and oxygen atoms in total. The van der Waals surface area contributed by atoms with Crippen LogP contribution in [0.4, 0.5) is 5.69 Å². The molecule has 25 heavy (non-hydrogen) atoms. The van der Waals surface area contributed by atoms with Crippen LogP contribution in [0.15, 0.2) is 66.7 Å². The number of nitrogens with zero attached hydrogens (tertiary/aromatic N) is 1. The number of hydrogen-bond acceptors (Lipinski definition) is 5. The zero-order chi connectivity index (χ0) is 17.6. The molecule has 0 saturated heterocycles. The summed E-state index contributed by atoms with van der Waals surface area (Å²) < 4.78 is 11.6. The summed E-state index contributed by atoms with van der Waals surface area (Å²) in [5, 5.41) is 8.83. The minimum atomic E-state index is 0.487. The third kappa shape index (κ3) is 4.28. The van der Waals surface area contributed by atoms with Crippen LogP contribution in [0.25, 0.3) is 0 Å². The van der Waals surface area contributed by atoms with Gasteiger partial charge in [-0.3, -0.25) is 0 Å². The molecule has 0 radical (unpaired) electrons. The van der Waals surface area contributed by atoms with E-state index in [-0.39, 0.29) is 0 Å². The van der Waals surface area contributed by atoms with Gasteiger partial charge in [0.15, 0.2) is 0 Å². The van der Waals surface area contributed by atoms with Crippen molar-refractivity contribution < 1.29 is 9.47 Å². The highest BCUT2D eigenvalue weighted by Crippen LogP contribution is 2.31. The number of benzene rings is 3.